The van der Waals surface area contributed by atoms with Gasteiger partial charge in [0.15, 0.2) is 0 Å². The minimum atomic E-state index is 0.379. The standard InChI is InChI=1S/C12H15N3OS/c1-8-6-17-7-10(8)11-14-12(16-15-11)9-3-2-4-13-5-9/h6-7,9,13H,2-5H2,1H3/t9-/m0/s1. The van der Waals surface area contributed by atoms with Gasteiger partial charge in [0, 0.05) is 17.5 Å². The van der Waals surface area contributed by atoms with E-state index in [4.69, 9.17) is 4.52 Å². The monoisotopic (exact) mass is 249 g/mol. The summed E-state index contributed by atoms with van der Waals surface area (Å²) < 4.78 is 5.39. The van der Waals surface area contributed by atoms with Crippen molar-refractivity contribution in [1.82, 2.24) is 15.5 Å². The first-order chi connectivity index (χ1) is 8.34. The van der Waals surface area contributed by atoms with Crippen molar-refractivity contribution in [2.45, 2.75) is 25.7 Å². The van der Waals surface area contributed by atoms with Crippen molar-refractivity contribution < 1.29 is 4.52 Å². The lowest BCUT2D eigenvalue weighted by Crippen LogP contribution is -2.28. The molecule has 4 nitrogen and oxygen atoms in total. The van der Waals surface area contributed by atoms with E-state index in [9.17, 15) is 0 Å². The smallest absolute Gasteiger partial charge is 0.231 e. The Bertz CT molecular complexity index is 499. The second kappa shape index (κ2) is 4.58. The van der Waals surface area contributed by atoms with Gasteiger partial charge in [-0.1, -0.05) is 5.16 Å². The Morgan fingerprint density at radius 3 is 3.12 bits per heavy atom. The molecule has 2 aromatic rings. The van der Waals surface area contributed by atoms with Crippen LogP contribution >= 0.6 is 11.3 Å². The van der Waals surface area contributed by atoms with E-state index in [1.54, 1.807) is 11.3 Å². The molecule has 0 unspecified atom stereocenters. The summed E-state index contributed by atoms with van der Waals surface area (Å²) in [5, 5.41) is 11.6. The van der Waals surface area contributed by atoms with Gasteiger partial charge < -0.3 is 9.84 Å². The zero-order valence-electron chi connectivity index (χ0n) is 9.77. The summed E-state index contributed by atoms with van der Waals surface area (Å²) in [6.07, 6.45) is 2.32. The van der Waals surface area contributed by atoms with Crippen molar-refractivity contribution in [2.24, 2.45) is 0 Å². The molecule has 3 heterocycles. The van der Waals surface area contributed by atoms with E-state index in [1.807, 2.05) is 0 Å². The minimum absolute atomic E-state index is 0.379. The topological polar surface area (TPSA) is 51.0 Å². The van der Waals surface area contributed by atoms with Gasteiger partial charge >= 0.3 is 0 Å². The number of hydrogen-bond acceptors (Lipinski definition) is 5. The van der Waals surface area contributed by atoms with Crippen LogP contribution in [-0.4, -0.2) is 23.2 Å². The Labute approximate surface area is 104 Å². The maximum atomic E-state index is 5.39. The third kappa shape index (κ3) is 2.12. The highest BCUT2D eigenvalue weighted by Gasteiger charge is 2.22. The van der Waals surface area contributed by atoms with E-state index < -0.39 is 0 Å². The van der Waals surface area contributed by atoms with Gasteiger partial charge in [-0.2, -0.15) is 16.3 Å². The normalized spacial score (nSPS) is 20.6. The number of rotatable bonds is 2. The summed E-state index contributed by atoms with van der Waals surface area (Å²) in [5.41, 5.74) is 2.30. The zero-order chi connectivity index (χ0) is 11.7. The molecular weight excluding hydrogens is 234 g/mol. The van der Waals surface area contributed by atoms with Crippen molar-refractivity contribution in [3.8, 4) is 11.4 Å². The van der Waals surface area contributed by atoms with Crippen LogP contribution in [0.4, 0.5) is 0 Å². The lowest BCUT2D eigenvalue weighted by Gasteiger charge is -2.18. The van der Waals surface area contributed by atoms with Gasteiger partial charge in [-0.15, -0.1) is 0 Å². The molecular formula is C12H15N3OS. The predicted molar refractivity (Wildman–Crippen MR) is 67.2 cm³/mol. The lowest BCUT2D eigenvalue weighted by atomic mass is 10.00. The molecule has 0 spiro atoms. The number of nitrogens with zero attached hydrogens (tertiary/aromatic N) is 2. The summed E-state index contributed by atoms with van der Waals surface area (Å²) in [5.74, 6) is 1.88. The van der Waals surface area contributed by atoms with Crippen molar-refractivity contribution in [1.29, 1.82) is 0 Å². The molecule has 1 fully saturated rings. The third-order valence-electron chi connectivity index (χ3n) is 3.18. The van der Waals surface area contributed by atoms with E-state index in [2.05, 4.69) is 33.1 Å². The molecule has 5 heteroatoms. The average Bonchev–Trinajstić information content (AvgIpc) is 2.98. The fourth-order valence-electron chi connectivity index (χ4n) is 2.16. The maximum absolute atomic E-state index is 5.39. The van der Waals surface area contributed by atoms with Gasteiger partial charge in [-0.25, -0.2) is 0 Å². The highest BCUT2D eigenvalue weighted by Crippen LogP contribution is 2.27. The Hall–Kier alpha value is -1.20. The SMILES string of the molecule is Cc1cscc1-c1noc([C@H]2CCCNC2)n1. The van der Waals surface area contributed by atoms with Crippen LogP contribution in [0, 0.1) is 6.92 Å². The summed E-state index contributed by atoms with van der Waals surface area (Å²) in [4.78, 5) is 4.53. The number of hydrogen-bond donors (Lipinski definition) is 1. The number of aromatic nitrogens is 2. The lowest BCUT2D eigenvalue weighted by molar-refractivity contribution is 0.322. The molecule has 3 rings (SSSR count). The second-order valence-corrected chi connectivity index (χ2v) is 5.21. The molecule has 1 saturated heterocycles. The molecule has 1 aliphatic rings. The summed E-state index contributed by atoms with van der Waals surface area (Å²) in [6.45, 7) is 4.12. The summed E-state index contributed by atoms with van der Waals surface area (Å²) >= 11 is 1.67. The van der Waals surface area contributed by atoms with Crippen molar-refractivity contribution in [2.75, 3.05) is 13.1 Å². The third-order valence-corrected chi connectivity index (χ3v) is 4.05. The van der Waals surface area contributed by atoms with Crippen molar-refractivity contribution in [3.05, 3.63) is 22.2 Å². The minimum Gasteiger partial charge on any atom is -0.339 e. The summed E-state index contributed by atoms with van der Waals surface area (Å²) in [6, 6.07) is 0. The Morgan fingerprint density at radius 2 is 2.41 bits per heavy atom. The fourth-order valence-corrected chi connectivity index (χ4v) is 2.99. The van der Waals surface area contributed by atoms with E-state index in [1.165, 1.54) is 12.0 Å². The molecule has 0 radical (unpaired) electrons. The van der Waals surface area contributed by atoms with E-state index in [0.29, 0.717) is 5.92 Å². The molecule has 1 N–H and O–H groups in total. The first kappa shape index (κ1) is 10.9. The average molecular weight is 249 g/mol. The van der Waals surface area contributed by atoms with E-state index in [0.717, 1.165) is 36.8 Å². The molecule has 17 heavy (non-hydrogen) atoms. The first-order valence-corrected chi connectivity index (χ1v) is 6.86. The van der Waals surface area contributed by atoms with Gasteiger partial charge in [0.05, 0.1) is 5.92 Å². The highest BCUT2D eigenvalue weighted by molar-refractivity contribution is 7.08. The quantitative estimate of drug-likeness (QED) is 0.888. The van der Waals surface area contributed by atoms with Crippen LogP contribution in [0.1, 0.15) is 30.2 Å². The Kier molecular flexibility index (Phi) is 2.94. The number of nitrogens with one attached hydrogen (secondary N) is 1. The molecule has 1 atom stereocenters. The van der Waals surface area contributed by atoms with Gasteiger partial charge in [0.1, 0.15) is 0 Å². The summed E-state index contributed by atoms with van der Waals surface area (Å²) in [7, 11) is 0. The number of thiophene rings is 1. The number of aryl methyl sites for hydroxylation is 1. The van der Waals surface area contributed by atoms with Crippen molar-refractivity contribution in [3.63, 3.8) is 0 Å². The predicted octanol–water partition coefficient (Wildman–Crippen LogP) is 2.57. The van der Waals surface area contributed by atoms with Gasteiger partial charge in [0.25, 0.3) is 0 Å². The van der Waals surface area contributed by atoms with Crippen LogP contribution in [0.2, 0.25) is 0 Å². The van der Waals surface area contributed by atoms with Crippen LogP contribution in [0.25, 0.3) is 11.4 Å². The largest absolute Gasteiger partial charge is 0.339 e. The second-order valence-electron chi connectivity index (χ2n) is 4.47. The first-order valence-electron chi connectivity index (χ1n) is 5.92. The van der Waals surface area contributed by atoms with Crippen LogP contribution in [-0.2, 0) is 0 Å². The van der Waals surface area contributed by atoms with Gasteiger partial charge in [-0.3, -0.25) is 0 Å². The highest BCUT2D eigenvalue weighted by atomic mass is 32.1. The van der Waals surface area contributed by atoms with E-state index >= 15 is 0 Å². The van der Waals surface area contributed by atoms with Crippen LogP contribution in [0.15, 0.2) is 15.3 Å². The van der Waals surface area contributed by atoms with Crippen LogP contribution in [0.3, 0.4) is 0 Å². The molecule has 90 valence electrons. The van der Waals surface area contributed by atoms with Gasteiger partial charge in [0.2, 0.25) is 11.7 Å². The number of piperidine rings is 1. The molecule has 0 aliphatic carbocycles. The molecule has 0 amide bonds. The molecule has 2 aromatic heterocycles. The van der Waals surface area contributed by atoms with Crippen LogP contribution in [0.5, 0.6) is 0 Å². The molecule has 0 aromatic carbocycles. The Balaban J connectivity index is 1.85. The fraction of sp³-hybridized carbons (Fsp3) is 0.500. The molecule has 0 bridgehead atoms. The Morgan fingerprint density at radius 1 is 1.47 bits per heavy atom. The van der Waals surface area contributed by atoms with Gasteiger partial charge in [-0.05, 0) is 37.3 Å². The molecule has 1 aliphatic heterocycles. The van der Waals surface area contributed by atoms with Crippen molar-refractivity contribution >= 4 is 11.3 Å². The zero-order valence-corrected chi connectivity index (χ0v) is 10.6. The van der Waals surface area contributed by atoms with E-state index in [-0.39, 0.29) is 0 Å². The molecule has 0 saturated carbocycles. The van der Waals surface area contributed by atoms with Crippen LogP contribution < -0.4 is 5.32 Å². The maximum Gasteiger partial charge on any atom is 0.231 e.